The first-order chi connectivity index (χ1) is 9.24. The predicted octanol–water partition coefficient (Wildman–Crippen LogP) is 2.67. The van der Waals surface area contributed by atoms with Crippen molar-refractivity contribution in [2.75, 3.05) is 6.61 Å². The molecular weight excluding hydrogens is 256 g/mol. The van der Waals surface area contributed by atoms with E-state index in [1.807, 2.05) is 27.7 Å². The van der Waals surface area contributed by atoms with Crippen LogP contribution in [0.4, 0.5) is 0 Å². The van der Waals surface area contributed by atoms with Crippen LogP contribution in [0.15, 0.2) is 0 Å². The lowest BCUT2D eigenvalue weighted by molar-refractivity contribution is -0.321. The third-order valence-corrected chi connectivity index (χ3v) is 4.96. The van der Waals surface area contributed by atoms with Crippen LogP contribution in [-0.2, 0) is 14.3 Å². The summed E-state index contributed by atoms with van der Waals surface area (Å²) in [4.78, 5) is 12.1. The smallest absolute Gasteiger partial charge is 0.190 e. The summed E-state index contributed by atoms with van der Waals surface area (Å²) in [6.07, 6.45) is 4.03. The monoisotopic (exact) mass is 284 g/mol. The molecule has 0 aromatic rings. The van der Waals surface area contributed by atoms with E-state index in [4.69, 9.17) is 9.47 Å². The summed E-state index contributed by atoms with van der Waals surface area (Å²) in [5, 5.41) is 10.6. The number of hydrogen-bond acceptors (Lipinski definition) is 4. The highest BCUT2D eigenvalue weighted by Crippen LogP contribution is 2.40. The molecule has 1 saturated carbocycles. The van der Waals surface area contributed by atoms with Crippen LogP contribution in [0.25, 0.3) is 0 Å². The average molecular weight is 284 g/mol. The molecule has 4 nitrogen and oxygen atoms in total. The minimum absolute atomic E-state index is 0.0300. The number of carbonyl (C=O) groups is 1. The molecule has 0 radical (unpaired) electrons. The van der Waals surface area contributed by atoms with Gasteiger partial charge in [-0.1, -0.05) is 40.0 Å². The SMILES string of the molecule is CC(C)(C)[C@@]1(C)OCC(=O)C(C(O)C2CCCCC2)O1. The number of aliphatic hydroxyl groups excluding tert-OH is 1. The van der Waals surface area contributed by atoms with Crippen molar-refractivity contribution in [2.24, 2.45) is 11.3 Å². The Hall–Kier alpha value is -0.450. The second-order valence-corrected chi connectivity index (χ2v) is 7.38. The second kappa shape index (κ2) is 5.74. The number of carbonyl (C=O) groups excluding carboxylic acids is 1. The van der Waals surface area contributed by atoms with E-state index in [1.54, 1.807) is 0 Å². The number of rotatable bonds is 2. The van der Waals surface area contributed by atoms with Crippen LogP contribution < -0.4 is 0 Å². The summed E-state index contributed by atoms with van der Waals surface area (Å²) < 4.78 is 11.6. The van der Waals surface area contributed by atoms with Gasteiger partial charge in [-0.2, -0.15) is 0 Å². The predicted molar refractivity (Wildman–Crippen MR) is 76.3 cm³/mol. The third-order valence-electron chi connectivity index (χ3n) is 4.96. The maximum absolute atomic E-state index is 12.1. The number of ether oxygens (including phenoxy) is 2. The first-order valence-electron chi connectivity index (χ1n) is 7.77. The molecule has 1 saturated heterocycles. The zero-order valence-corrected chi connectivity index (χ0v) is 13.1. The Bertz CT molecular complexity index is 354. The Labute approximate surface area is 121 Å². The molecule has 0 aromatic carbocycles. The third kappa shape index (κ3) is 3.07. The van der Waals surface area contributed by atoms with Crippen LogP contribution in [0.5, 0.6) is 0 Å². The topological polar surface area (TPSA) is 55.8 Å². The summed E-state index contributed by atoms with van der Waals surface area (Å²) in [6, 6.07) is 0. The molecule has 3 atom stereocenters. The molecule has 0 aromatic heterocycles. The van der Waals surface area contributed by atoms with E-state index in [-0.39, 0.29) is 23.7 Å². The highest BCUT2D eigenvalue weighted by atomic mass is 16.7. The normalized spacial score (nSPS) is 35.0. The molecule has 2 fully saturated rings. The first kappa shape index (κ1) is 15.9. The minimum atomic E-state index is -0.832. The van der Waals surface area contributed by atoms with E-state index in [9.17, 15) is 9.90 Å². The number of hydrogen-bond donors (Lipinski definition) is 1. The van der Waals surface area contributed by atoms with Crippen LogP contribution in [-0.4, -0.2) is 35.5 Å². The van der Waals surface area contributed by atoms with Crippen molar-refractivity contribution in [1.29, 1.82) is 0 Å². The van der Waals surface area contributed by atoms with E-state index < -0.39 is 18.0 Å². The van der Waals surface area contributed by atoms with E-state index in [0.717, 1.165) is 25.7 Å². The van der Waals surface area contributed by atoms with Gasteiger partial charge in [-0.3, -0.25) is 4.79 Å². The van der Waals surface area contributed by atoms with Gasteiger partial charge in [0.1, 0.15) is 12.7 Å². The summed E-state index contributed by atoms with van der Waals surface area (Å²) in [7, 11) is 0. The molecule has 2 unspecified atom stereocenters. The van der Waals surface area contributed by atoms with Gasteiger partial charge >= 0.3 is 0 Å². The van der Waals surface area contributed by atoms with Gasteiger partial charge in [-0.25, -0.2) is 0 Å². The van der Waals surface area contributed by atoms with Gasteiger partial charge in [-0.05, 0) is 25.7 Å². The Morgan fingerprint density at radius 2 is 1.85 bits per heavy atom. The van der Waals surface area contributed by atoms with Crippen molar-refractivity contribution in [3.63, 3.8) is 0 Å². The summed E-state index contributed by atoms with van der Waals surface area (Å²) in [5.74, 6) is -0.786. The summed E-state index contributed by atoms with van der Waals surface area (Å²) in [5.41, 5.74) is -0.252. The largest absolute Gasteiger partial charge is 0.390 e. The van der Waals surface area contributed by atoms with Gasteiger partial charge < -0.3 is 14.6 Å². The van der Waals surface area contributed by atoms with E-state index in [0.29, 0.717) is 0 Å². The maximum atomic E-state index is 12.1. The van der Waals surface area contributed by atoms with Crippen molar-refractivity contribution in [1.82, 2.24) is 0 Å². The molecule has 2 rings (SSSR count). The molecule has 4 heteroatoms. The van der Waals surface area contributed by atoms with Crippen LogP contribution in [0.3, 0.4) is 0 Å². The van der Waals surface area contributed by atoms with Crippen LogP contribution in [0, 0.1) is 11.3 Å². The molecule has 0 bridgehead atoms. The molecule has 1 aliphatic carbocycles. The fourth-order valence-corrected chi connectivity index (χ4v) is 3.01. The highest BCUT2D eigenvalue weighted by molar-refractivity contribution is 5.85. The first-order valence-corrected chi connectivity index (χ1v) is 7.77. The Kier molecular flexibility index (Phi) is 4.57. The van der Waals surface area contributed by atoms with Gasteiger partial charge in [0, 0.05) is 5.41 Å². The Morgan fingerprint density at radius 1 is 1.25 bits per heavy atom. The van der Waals surface area contributed by atoms with Crippen molar-refractivity contribution in [2.45, 2.75) is 77.8 Å². The molecule has 116 valence electrons. The molecule has 2 aliphatic rings. The van der Waals surface area contributed by atoms with Crippen molar-refractivity contribution >= 4 is 5.78 Å². The van der Waals surface area contributed by atoms with Crippen LogP contribution >= 0.6 is 0 Å². The molecule has 0 amide bonds. The van der Waals surface area contributed by atoms with Gasteiger partial charge in [-0.15, -0.1) is 0 Å². The zero-order valence-electron chi connectivity index (χ0n) is 13.1. The standard InChI is InChI=1S/C16H28O4/c1-15(2,3)16(4)19-10-12(17)14(20-16)13(18)11-8-6-5-7-9-11/h11,13-14,18H,5-10H2,1-4H3/t13?,14?,16-/m0/s1. The van der Waals surface area contributed by atoms with Crippen LogP contribution in [0.1, 0.15) is 59.8 Å². The molecule has 1 aliphatic heterocycles. The lowest BCUT2D eigenvalue weighted by Crippen LogP contribution is -2.58. The van der Waals surface area contributed by atoms with Crippen molar-refractivity contribution < 1.29 is 19.4 Å². The average Bonchev–Trinajstić information content (AvgIpc) is 2.41. The van der Waals surface area contributed by atoms with Crippen LogP contribution in [0.2, 0.25) is 0 Å². The van der Waals surface area contributed by atoms with E-state index in [1.165, 1.54) is 6.42 Å². The number of aliphatic hydroxyl groups is 1. The maximum Gasteiger partial charge on any atom is 0.190 e. The zero-order chi connectivity index (χ0) is 15.0. The molecule has 20 heavy (non-hydrogen) atoms. The summed E-state index contributed by atoms with van der Waals surface area (Å²) >= 11 is 0. The highest BCUT2D eigenvalue weighted by Gasteiger charge is 2.49. The Balaban J connectivity index is 2.10. The van der Waals surface area contributed by atoms with E-state index in [2.05, 4.69) is 0 Å². The van der Waals surface area contributed by atoms with Gasteiger partial charge in [0.15, 0.2) is 11.6 Å². The van der Waals surface area contributed by atoms with Gasteiger partial charge in [0.25, 0.3) is 0 Å². The fourth-order valence-electron chi connectivity index (χ4n) is 3.01. The molecular formula is C16H28O4. The number of Topliss-reactive ketones (excluding diaryl/α,β-unsaturated/α-hetero) is 1. The van der Waals surface area contributed by atoms with E-state index >= 15 is 0 Å². The molecule has 0 spiro atoms. The fraction of sp³-hybridized carbons (Fsp3) is 0.938. The molecule has 1 N–H and O–H groups in total. The summed E-state index contributed by atoms with van der Waals surface area (Å²) in [6.45, 7) is 7.95. The van der Waals surface area contributed by atoms with Crippen molar-refractivity contribution in [3.8, 4) is 0 Å². The van der Waals surface area contributed by atoms with Gasteiger partial charge in [0.2, 0.25) is 0 Å². The Morgan fingerprint density at radius 3 is 2.40 bits per heavy atom. The quantitative estimate of drug-likeness (QED) is 0.847. The van der Waals surface area contributed by atoms with Crippen molar-refractivity contribution in [3.05, 3.63) is 0 Å². The minimum Gasteiger partial charge on any atom is -0.390 e. The second-order valence-electron chi connectivity index (χ2n) is 7.38. The lowest BCUT2D eigenvalue weighted by atomic mass is 9.81. The number of ketones is 1. The van der Waals surface area contributed by atoms with Gasteiger partial charge in [0.05, 0.1) is 6.10 Å². The lowest BCUT2D eigenvalue weighted by Gasteiger charge is -2.47. The molecule has 1 heterocycles.